The predicted molar refractivity (Wildman–Crippen MR) is 240 cm³/mol. The van der Waals surface area contributed by atoms with Gasteiger partial charge in [-0.1, -0.05) is 19.8 Å². The summed E-state index contributed by atoms with van der Waals surface area (Å²) < 4.78 is 68.4. The van der Waals surface area contributed by atoms with E-state index in [1.807, 2.05) is 0 Å². The number of rotatable bonds is 28. The van der Waals surface area contributed by atoms with Crippen molar-refractivity contribution in [1.82, 2.24) is 0 Å². The molecule has 0 spiro atoms. The Labute approximate surface area is 327 Å². The van der Waals surface area contributed by atoms with Gasteiger partial charge in [-0.15, -0.1) is 0 Å². The van der Waals surface area contributed by atoms with E-state index in [2.05, 4.69) is 138 Å². The average molecular weight is 898 g/mol. The third-order valence-corrected chi connectivity index (χ3v) is 46.8. The van der Waals surface area contributed by atoms with Crippen LogP contribution in [0.5, 0.6) is 0 Å². The lowest BCUT2D eigenvalue weighted by Crippen LogP contribution is -2.66. The second-order valence-electron chi connectivity index (χ2n) is 19.5. The summed E-state index contributed by atoms with van der Waals surface area (Å²) in [6, 6.07) is 1.88. The van der Waals surface area contributed by atoms with Crippen molar-refractivity contribution in [2.75, 3.05) is 26.9 Å². The van der Waals surface area contributed by atoms with E-state index in [0.29, 0.717) is 25.5 Å². The molecule has 0 saturated heterocycles. The van der Waals surface area contributed by atoms with Crippen LogP contribution in [0.4, 0.5) is 0 Å². The van der Waals surface area contributed by atoms with E-state index in [1.165, 1.54) is 6.42 Å². The molecule has 0 aliphatic carbocycles. The third kappa shape index (κ3) is 26.3. The molecule has 0 rings (SSSR count). The molecule has 3 unspecified atom stereocenters. The zero-order valence-electron chi connectivity index (χ0n) is 37.4. The molecule has 20 heteroatoms. The Morgan fingerprint density at radius 2 is 0.784 bits per heavy atom. The van der Waals surface area contributed by atoms with Crippen LogP contribution >= 0.6 is 0 Å². The van der Waals surface area contributed by atoms with Gasteiger partial charge in [0.25, 0.3) is 0 Å². The van der Waals surface area contributed by atoms with Crippen LogP contribution < -0.4 is 0 Å². The molecule has 0 heterocycles. The molecule has 3 atom stereocenters. The summed E-state index contributed by atoms with van der Waals surface area (Å²) in [5.41, 5.74) is 0.597. The lowest BCUT2D eigenvalue weighted by atomic mass is 10.4. The number of unbranched alkanes of at least 4 members (excludes halogenated alkanes) is 1. The summed E-state index contributed by atoms with van der Waals surface area (Å²) in [7, 11) is -23.0. The highest BCUT2D eigenvalue weighted by atomic mass is 28.5. The first-order valence-corrected chi connectivity index (χ1v) is 48.5. The second kappa shape index (κ2) is 20.5. The highest BCUT2D eigenvalue weighted by Gasteiger charge is 2.56. The van der Waals surface area contributed by atoms with Gasteiger partial charge in [0.05, 0.1) is 13.2 Å². The molecule has 0 amide bonds. The van der Waals surface area contributed by atoms with E-state index in [9.17, 15) is 0 Å². The van der Waals surface area contributed by atoms with Crippen molar-refractivity contribution in [1.29, 1.82) is 0 Å². The van der Waals surface area contributed by atoms with Gasteiger partial charge in [-0.3, -0.25) is 0 Å². The van der Waals surface area contributed by atoms with Crippen LogP contribution in [0.15, 0.2) is 0 Å². The van der Waals surface area contributed by atoms with Gasteiger partial charge in [-0.25, -0.2) is 0 Å². The fraction of sp³-hybridized carbons (Fsp3) is 1.00. The third-order valence-electron chi connectivity index (χ3n) is 7.09. The topological polar surface area (TPSA) is 92.3 Å². The van der Waals surface area contributed by atoms with Crippen molar-refractivity contribution in [3.63, 3.8) is 0 Å². The molecule has 0 aromatic carbocycles. The highest BCUT2D eigenvalue weighted by molar-refractivity contribution is 6.99. The van der Waals surface area contributed by atoms with Crippen molar-refractivity contribution < 1.29 is 42.4 Å². The minimum Gasteiger partial charge on any atom is -0.437 e. The van der Waals surface area contributed by atoms with Crippen LogP contribution in [0.3, 0.4) is 0 Å². The first kappa shape index (κ1) is 52.8. The minimum atomic E-state index is -3.07. The quantitative estimate of drug-likeness (QED) is 0.0558. The van der Waals surface area contributed by atoms with Crippen molar-refractivity contribution >= 4 is 84.6 Å². The molecule has 0 aromatic heterocycles. The fourth-order valence-electron chi connectivity index (χ4n) is 7.15. The maximum absolute atomic E-state index is 7.56. The first-order valence-electron chi connectivity index (χ1n) is 19.2. The second-order valence-corrected chi connectivity index (χ2v) is 59.8. The largest absolute Gasteiger partial charge is 0.437 e. The standard InChI is InChI=1S/C31H84O10Si10/c1-23-24-29-45(12,13)37-48(18,19)40-51(22,39-47(16,17)35-43(6,7)8)31-50(21,36-44(9,10)11)41-49(20,30-25-26-33-28-27-32-2)38-46(14,15)34-42(3,4)5/h23-31H2,1-22H3. The molecule has 0 fully saturated rings. The molecule has 0 aromatic rings. The summed E-state index contributed by atoms with van der Waals surface area (Å²) in [5, 5.41) is 0. The van der Waals surface area contributed by atoms with Crippen molar-refractivity contribution in [3.8, 4) is 0 Å². The van der Waals surface area contributed by atoms with Crippen molar-refractivity contribution in [3.05, 3.63) is 0 Å². The van der Waals surface area contributed by atoms with Crippen molar-refractivity contribution in [2.24, 2.45) is 0 Å². The van der Waals surface area contributed by atoms with E-state index in [4.69, 9.17) is 42.4 Å². The van der Waals surface area contributed by atoms with Gasteiger partial charge in [-0.05, 0) is 149 Å². The Morgan fingerprint density at radius 3 is 1.20 bits per heavy atom. The van der Waals surface area contributed by atoms with E-state index in [-0.39, 0.29) is 0 Å². The average Bonchev–Trinajstić information content (AvgIpc) is 2.77. The molecular formula is C31H84O10Si10. The molecular weight excluding hydrogens is 813 g/mol. The fourth-order valence-corrected chi connectivity index (χ4v) is 60.5. The monoisotopic (exact) mass is 896 g/mol. The Kier molecular flexibility index (Phi) is 21.2. The molecule has 0 aliphatic heterocycles. The van der Waals surface area contributed by atoms with Gasteiger partial charge < -0.3 is 42.4 Å². The SMILES string of the molecule is CCCC[Si](C)(C)O[Si](C)(C)O[Si](C)(C[Si](C)(O[Si](C)(C)C)O[Si](C)(CCCOCCOC)O[Si](C)(C)O[Si](C)(C)C)O[Si](C)(C)O[Si](C)(C)C. The van der Waals surface area contributed by atoms with Crippen LogP contribution in [-0.2, 0) is 42.4 Å². The van der Waals surface area contributed by atoms with Gasteiger partial charge in [0, 0.05) is 19.4 Å². The van der Waals surface area contributed by atoms with Crippen LogP contribution in [0, 0.1) is 0 Å². The maximum Gasteiger partial charge on any atom is 0.319 e. The molecule has 0 radical (unpaired) electrons. The van der Waals surface area contributed by atoms with Gasteiger partial charge in [0.2, 0.25) is 0 Å². The van der Waals surface area contributed by atoms with Crippen LogP contribution in [0.2, 0.25) is 149 Å². The number of ether oxygens (including phenoxy) is 2. The van der Waals surface area contributed by atoms with E-state index in [1.54, 1.807) is 7.11 Å². The van der Waals surface area contributed by atoms with E-state index >= 15 is 0 Å². The Hall–Kier alpha value is 1.77. The summed E-state index contributed by atoms with van der Waals surface area (Å²) in [4.78, 5) is 0. The molecule has 0 saturated carbocycles. The van der Waals surface area contributed by atoms with Crippen LogP contribution in [0.1, 0.15) is 26.2 Å². The summed E-state index contributed by atoms with van der Waals surface area (Å²) in [6.07, 6.45) is 3.15. The Bertz CT molecular complexity index is 1020. The van der Waals surface area contributed by atoms with Crippen LogP contribution in [0.25, 0.3) is 0 Å². The first-order chi connectivity index (χ1) is 22.5. The van der Waals surface area contributed by atoms with E-state index < -0.39 is 84.6 Å². The zero-order valence-corrected chi connectivity index (χ0v) is 47.4. The van der Waals surface area contributed by atoms with Crippen molar-refractivity contribution in [2.45, 2.75) is 175 Å². The summed E-state index contributed by atoms with van der Waals surface area (Å²) in [6.45, 7) is 48.5. The minimum absolute atomic E-state index is 0.568. The Morgan fingerprint density at radius 1 is 0.373 bits per heavy atom. The smallest absolute Gasteiger partial charge is 0.319 e. The number of hydrogen-bond donors (Lipinski definition) is 0. The van der Waals surface area contributed by atoms with Gasteiger partial charge in [0.15, 0.2) is 33.3 Å². The van der Waals surface area contributed by atoms with Gasteiger partial charge >= 0.3 is 51.4 Å². The Balaban J connectivity index is 7.08. The number of hydrogen-bond acceptors (Lipinski definition) is 10. The van der Waals surface area contributed by atoms with Gasteiger partial charge in [-0.2, -0.15) is 0 Å². The molecule has 0 bridgehead atoms. The molecule has 10 nitrogen and oxygen atoms in total. The predicted octanol–water partition coefficient (Wildman–Crippen LogP) is 10.5. The zero-order chi connectivity index (χ0) is 40.4. The lowest BCUT2D eigenvalue weighted by molar-refractivity contribution is 0.0702. The van der Waals surface area contributed by atoms with E-state index in [0.717, 1.165) is 24.9 Å². The molecule has 0 aliphatic rings. The normalized spacial score (nSPS) is 18.0. The summed E-state index contributed by atoms with van der Waals surface area (Å²) >= 11 is 0. The number of methoxy groups -OCH3 is 1. The highest BCUT2D eigenvalue weighted by Crippen LogP contribution is 2.37. The molecule has 51 heavy (non-hydrogen) atoms. The molecule has 0 N–H and O–H groups in total. The lowest BCUT2D eigenvalue weighted by Gasteiger charge is -2.48. The van der Waals surface area contributed by atoms with Gasteiger partial charge in [0.1, 0.15) is 0 Å². The summed E-state index contributed by atoms with van der Waals surface area (Å²) in [5.74, 6) is 0. The maximum atomic E-state index is 7.56. The molecule has 308 valence electrons. The van der Waals surface area contributed by atoms with Crippen LogP contribution in [-0.4, -0.2) is 112 Å².